The number of carbonyl (C=O) groups excluding carboxylic acids is 4. The second kappa shape index (κ2) is 13.0. The first kappa shape index (κ1) is 32.9. The van der Waals surface area contributed by atoms with Gasteiger partial charge in [0.2, 0.25) is 21.8 Å². The molecule has 14 nitrogen and oxygen atoms in total. The van der Waals surface area contributed by atoms with Gasteiger partial charge in [0.25, 0.3) is 5.91 Å². The highest BCUT2D eigenvalue weighted by Gasteiger charge is 2.62. The predicted molar refractivity (Wildman–Crippen MR) is 175 cm³/mol. The summed E-state index contributed by atoms with van der Waals surface area (Å²) in [5.41, 5.74) is 7.45. The van der Waals surface area contributed by atoms with Crippen LogP contribution in [0.5, 0.6) is 5.75 Å². The fourth-order valence-corrected chi connectivity index (χ4v) is 8.47. The summed E-state index contributed by atoms with van der Waals surface area (Å²) in [6, 6.07) is 13.6. The Morgan fingerprint density at radius 1 is 0.959 bits per heavy atom. The molecule has 15 heteroatoms. The molecule has 0 spiro atoms. The summed E-state index contributed by atoms with van der Waals surface area (Å²) in [6.45, 7) is 2.37. The Morgan fingerprint density at radius 3 is 2.43 bits per heavy atom. The lowest BCUT2D eigenvalue weighted by Crippen LogP contribution is -2.55. The van der Waals surface area contributed by atoms with Gasteiger partial charge in [-0.1, -0.05) is 42.8 Å². The van der Waals surface area contributed by atoms with E-state index in [0.717, 1.165) is 22.3 Å². The smallest absolute Gasteiger partial charge is 0.426 e. The van der Waals surface area contributed by atoms with Crippen molar-refractivity contribution in [3.05, 3.63) is 53.6 Å². The molecule has 3 fully saturated rings. The van der Waals surface area contributed by atoms with Crippen LogP contribution in [0.15, 0.2) is 47.6 Å². The fourth-order valence-electron chi connectivity index (χ4n) is 7.10. The van der Waals surface area contributed by atoms with Crippen molar-refractivity contribution in [2.45, 2.75) is 75.2 Å². The number of benzene rings is 2. The Bertz CT molecular complexity index is 1830. The minimum absolute atomic E-state index is 0.0810. The number of hydrogen-bond donors (Lipinski definition) is 4. The molecule has 0 unspecified atom stereocenters. The molecule has 3 saturated carbocycles. The Hall–Kier alpha value is -4.66. The molecule has 4 aliphatic carbocycles. The molecular formula is C34H39N5O9S. The molecule has 2 aromatic rings. The zero-order valence-electron chi connectivity index (χ0n) is 27.0. The van der Waals surface area contributed by atoms with Gasteiger partial charge in [0.15, 0.2) is 0 Å². The first-order valence-corrected chi connectivity index (χ1v) is 18.4. The summed E-state index contributed by atoms with van der Waals surface area (Å²) in [5.74, 6) is -3.55. The molecule has 5 aliphatic rings. The number of hydrazine groups is 1. The van der Waals surface area contributed by atoms with Crippen LogP contribution in [0.4, 0.5) is 4.79 Å². The van der Waals surface area contributed by atoms with Crippen molar-refractivity contribution in [2.24, 2.45) is 22.9 Å². The second-order valence-corrected chi connectivity index (χ2v) is 15.3. The lowest BCUT2D eigenvalue weighted by Gasteiger charge is -2.23. The standard InChI is InChI=1S/C34H39N5O9S/c1-2-19-18-34(19,32(42)39-49(44,45)22-10-11-22)35-30(40)27-16-21-17-28(27)31(41)36-37-33(43)47-14-6-5-13-46-20-9-12-24-23-7-3-4-8-25(23)29(38-48-21)26(24)15-20/h3-4,7-9,12,15,19,21-22,27-28H,2,5-6,10-11,13-14,16-18H2,1H3,(H,35,40)(H,36,41)(H,37,43)(H,39,42)/t19-,21-,27-,28-,34-/m1/s1. The number of fused-ring (bicyclic) bond motifs is 6. The molecule has 0 aromatic heterocycles. The number of hydrogen-bond acceptors (Lipinski definition) is 10. The van der Waals surface area contributed by atoms with Gasteiger partial charge in [-0.15, -0.1) is 0 Å². The van der Waals surface area contributed by atoms with Gasteiger partial charge in [0, 0.05) is 11.1 Å². The number of nitrogens with zero attached hydrogens (tertiary/aromatic N) is 1. The topological polar surface area (TPSA) is 191 Å². The predicted octanol–water partition coefficient (Wildman–Crippen LogP) is 2.65. The maximum absolute atomic E-state index is 13.9. The molecule has 4 N–H and O–H groups in total. The van der Waals surface area contributed by atoms with E-state index in [1.807, 2.05) is 49.4 Å². The van der Waals surface area contributed by atoms with E-state index in [2.05, 4.69) is 26.0 Å². The number of sulfonamides is 1. The summed E-state index contributed by atoms with van der Waals surface area (Å²) in [7, 11) is -3.84. The molecular weight excluding hydrogens is 654 g/mol. The average Bonchev–Trinajstić information content (AvgIpc) is 4.00. The van der Waals surface area contributed by atoms with Crippen LogP contribution in [0.1, 0.15) is 69.4 Å². The van der Waals surface area contributed by atoms with E-state index in [1.165, 1.54) is 0 Å². The fraction of sp³-hybridized carbons (Fsp3) is 0.500. The van der Waals surface area contributed by atoms with Gasteiger partial charge in [-0.25, -0.2) is 18.6 Å². The number of ether oxygens (including phenoxy) is 2. The summed E-state index contributed by atoms with van der Waals surface area (Å²) < 4.78 is 38.5. The number of nitrogens with one attached hydrogen (secondary N) is 4. The Labute approximate surface area is 283 Å². The number of oxime groups is 1. The van der Waals surface area contributed by atoms with Gasteiger partial charge >= 0.3 is 6.09 Å². The number of rotatable bonds is 6. The highest BCUT2D eigenvalue weighted by Crippen LogP contribution is 2.48. The van der Waals surface area contributed by atoms with Crippen molar-refractivity contribution < 1.29 is 41.9 Å². The van der Waals surface area contributed by atoms with Gasteiger partial charge in [-0.2, -0.15) is 0 Å². The maximum atomic E-state index is 13.9. The van der Waals surface area contributed by atoms with E-state index < -0.39 is 62.6 Å². The summed E-state index contributed by atoms with van der Waals surface area (Å²) in [4.78, 5) is 59.1. The minimum atomic E-state index is -3.84. The number of cyclic esters (lactones) is 1. The van der Waals surface area contributed by atoms with Crippen LogP contribution in [0.25, 0.3) is 11.1 Å². The van der Waals surface area contributed by atoms with Crippen LogP contribution in [-0.4, -0.2) is 68.1 Å². The van der Waals surface area contributed by atoms with Crippen molar-refractivity contribution in [3.63, 3.8) is 0 Å². The maximum Gasteiger partial charge on any atom is 0.426 e. The third kappa shape index (κ3) is 6.55. The summed E-state index contributed by atoms with van der Waals surface area (Å²) in [6.07, 6.45) is 1.56. The SMILES string of the molecule is CC[C@@H]1C[C@]1(NC(=O)[C@@H]1C[C@@H]2C[C@H]1C(=O)NNC(=O)OCCCCOc1ccc3c(c1)C(=NO2)c1ccccc1-3)C(=O)NS(=O)(=O)C1CC1. The molecule has 260 valence electrons. The summed E-state index contributed by atoms with van der Waals surface area (Å²) in [5, 5.41) is 6.79. The zero-order valence-corrected chi connectivity index (χ0v) is 27.8. The Morgan fingerprint density at radius 2 is 1.69 bits per heavy atom. The molecule has 2 aromatic carbocycles. The third-order valence-electron chi connectivity index (χ3n) is 10.1. The molecule has 49 heavy (non-hydrogen) atoms. The highest BCUT2D eigenvalue weighted by molar-refractivity contribution is 7.91. The Balaban J connectivity index is 1.15. The third-order valence-corrected chi connectivity index (χ3v) is 11.9. The normalized spacial score (nSPS) is 28.0. The van der Waals surface area contributed by atoms with Gasteiger partial charge in [0.1, 0.15) is 23.1 Å². The molecule has 7 rings (SSSR count). The van der Waals surface area contributed by atoms with Crippen LogP contribution >= 0.6 is 0 Å². The van der Waals surface area contributed by atoms with Gasteiger partial charge in [0.05, 0.1) is 30.3 Å². The van der Waals surface area contributed by atoms with E-state index in [4.69, 9.17) is 14.3 Å². The van der Waals surface area contributed by atoms with Crippen molar-refractivity contribution >= 4 is 39.5 Å². The van der Waals surface area contributed by atoms with Gasteiger partial charge in [-0.3, -0.25) is 24.5 Å². The molecule has 4 bridgehead atoms. The molecule has 1 heterocycles. The lowest BCUT2D eigenvalue weighted by molar-refractivity contribution is -0.136. The van der Waals surface area contributed by atoms with E-state index in [-0.39, 0.29) is 31.8 Å². The molecule has 4 amide bonds. The minimum Gasteiger partial charge on any atom is -0.494 e. The van der Waals surface area contributed by atoms with Crippen molar-refractivity contribution in [1.82, 2.24) is 20.9 Å². The first-order chi connectivity index (χ1) is 23.6. The molecule has 5 atom stereocenters. The second-order valence-electron chi connectivity index (χ2n) is 13.4. The van der Waals surface area contributed by atoms with Crippen LogP contribution in [0, 0.1) is 17.8 Å². The molecule has 0 saturated heterocycles. The Kier molecular flexibility index (Phi) is 8.71. The van der Waals surface area contributed by atoms with Crippen molar-refractivity contribution in [3.8, 4) is 16.9 Å². The lowest BCUT2D eigenvalue weighted by atomic mass is 9.93. The summed E-state index contributed by atoms with van der Waals surface area (Å²) >= 11 is 0. The van der Waals surface area contributed by atoms with Crippen LogP contribution in [0.3, 0.4) is 0 Å². The number of carbonyl (C=O) groups is 4. The monoisotopic (exact) mass is 693 g/mol. The molecule has 1 aliphatic heterocycles. The van der Waals surface area contributed by atoms with Crippen LogP contribution in [0.2, 0.25) is 0 Å². The van der Waals surface area contributed by atoms with Crippen LogP contribution < -0.4 is 25.6 Å². The average molecular weight is 694 g/mol. The van der Waals surface area contributed by atoms with Gasteiger partial charge < -0.3 is 19.6 Å². The highest BCUT2D eigenvalue weighted by atomic mass is 32.2. The first-order valence-electron chi connectivity index (χ1n) is 16.8. The quantitative estimate of drug-likeness (QED) is 0.301. The molecule has 0 radical (unpaired) electrons. The van der Waals surface area contributed by atoms with E-state index in [0.29, 0.717) is 50.2 Å². The van der Waals surface area contributed by atoms with Crippen LogP contribution in [-0.2, 0) is 34.0 Å². The van der Waals surface area contributed by atoms with E-state index >= 15 is 0 Å². The van der Waals surface area contributed by atoms with Gasteiger partial charge in [-0.05, 0) is 80.2 Å². The van der Waals surface area contributed by atoms with Crippen molar-refractivity contribution in [1.29, 1.82) is 0 Å². The zero-order chi connectivity index (χ0) is 34.3. The number of amides is 4. The van der Waals surface area contributed by atoms with E-state index in [9.17, 15) is 27.6 Å². The largest absolute Gasteiger partial charge is 0.494 e. The van der Waals surface area contributed by atoms with E-state index in [1.54, 1.807) is 0 Å². The van der Waals surface area contributed by atoms with Crippen molar-refractivity contribution in [2.75, 3.05) is 13.2 Å².